The maximum Gasteiger partial charge on any atom is 0.433 e. The molecule has 1 aromatic carbocycles. The van der Waals surface area contributed by atoms with Crippen LogP contribution in [0.4, 0.5) is 5.88 Å². The van der Waals surface area contributed by atoms with Gasteiger partial charge in [-0.2, -0.15) is 0 Å². The summed E-state index contributed by atoms with van der Waals surface area (Å²) in [6.45, 7) is 6.14. The van der Waals surface area contributed by atoms with Crippen LogP contribution in [-0.4, -0.2) is 9.91 Å². The summed E-state index contributed by atoms with van der Waals surface area (Å²) in [6, 6.07) is 11.0. The van der Waals surface area contributed by atoms with Gasteiger partial charge in [-0.05, 0) is 37.1 Å². The Morgan fingerprint density at radius 3 is 2.59 bits per heavy atom. The highest BCUT2D eigenvalue weighted by atomic mass is 16.6. The van der Waals surface area contributed by atoms with E-state index >= 15 is 0 Å². The molecule has 3 rings (SSSR count). The second-order valence-corrected chi connectivity index (χ2v) is 5.66. The van der Waals surface area contributed by atoms with E-state index in [1.54, 1.807) is 6.07 Å². The van der Waals surface area contributed by atoms with Crippen molar-refractivity contribution in [1.29, 1.82) is 0 Å². The molecule has 2 heterocycles. The number of hydrogen-bond donors (Lipinski definition) is 0. The van der Waals surface area contributed by atoms with Crippen LogP contribution in [0.5, 0.6) is 0 Å². The number of furan rings is 1. The number of aryl methyl sites for hydroxylation is 1. The van der Waals surface area contributed by atoms with E-state index in [4.69, 9.17) is 4.42 Å². The monoisotopic (exact) mass is 296 g/mol. The molecular weight excluding hydrogens is 280 g/mol. The van der Waals surface area contributed by atoms with E-state index in [1.165, 1.54) is 6.07 Å². The van der Waals surface area contributed by atoms with Crippen LogP contribution in [-0.2, 0) is 0 Å². The minimum absolute atomic E-state index is 0.251. The van der Waals surface area contributed by atoms with E-state index in [0.717, 1.165) is 27.7 Å². The normalized spacial score (nSPS) is 11.3. The summed E-state index contributed by atoms with van der Waals surface area (Å²) in [5, 5.41) is 11.8. The molecule has 0 aliphatic rings. The Bertz CT molecular complexity index is 865. The van der Waals surface area contributed by atoms with Crippen LogP contribution in [0.1, 0.15) is 31.0 Å². The first-order valence-corrected chi connectivity index (χ1v) is 7.11. The van der Waals surface area contributed by atoms with Crippen molar-refractivity contribution in [2.24, 2.45) is 0 Å². The second kappa shape index (κ2) is 5.26. The first-order chi connectivity index (χ1) is 10.5. The van der Waals surface area contributed by atoms with E-state index in [9.17, 15) is 10.1 Å². The standard InChI is InChI=1S/C17H16N2O3/c1-10(2)15-9-13(16-6-7-17(22-16)19(20)21)12-8-11(3)4-5-14(12)18-15/h4-10H,1-3H3. The molecule has 2 aromatic heterocycles. The first kappa shape index (κ1) is 14.3. The SMILES string of the molecule is Cc1ccc2nc(C(C)C)cc(-c3ccc([N+](=O)[O-])o3)c2c1. The Morgan fingerprint density at radius 2 is 1.95 bits per heavy atom. The summed E-state index contributed by atoms with van der Waals surface area (Å²) in [5.74, 6) is 0.500. The molecule has 0 atom stereocenters. The third kappa shape index (κ3) is 2.45. The fraction of sp³-hybridized carbons (Fsp3) is 0.235. The molecule has 0 saturated heterocycles. The molecule has 22 heavy (non-hydrogen) atoms. The number of fused-ring (bicyclic) bond motifs is 1. The number of nitrogens with zero attached hydrogens (tertiary/aromatic N) is 2. The van der Waals surface area contributed by atoms with Crippen LogP contribution in [0.15, 0.2) is 40.8 Å². The second-order valence-electron chi connectivity index (χ2n) is 5.66. The molecule has 5 nitrogen and oxygen atoms in total. The highest BCUT2D eigenvalue weighted by molar-refractivity contribution is 5.94. The Morgan fingerprint density at radius 1 is 1.18 bits per heavy atom. The number of nitro groups is 1. The largest absolute Gasteiger partial charge is 0.433 e. The van der Waals surface area contributed by atoms with Gasteiger partial charge in [0.15, 0.2) is 0 Å². The maximum absolute atomic E-state index is 10.8. The highest BCUT2D eigenvalue weighted by Gasteiger charge is 2.17. The van der Waals surface area contributed by atoms with E-state index in [-0.39, 0.29) is 11.8 Å². The van der Waals surface area contributed by atoms with E-state index in [2.05, 4.69) is 18.8 Å². The van der Waals surface area contributed by atoms with Gasteiger partial charge in [-0.1, -0.05) is 25.5 Å². The molecule has 0 aliphatic carbocycles. The zero-order valence-corrected chi connectivity index (χ0v) is 12.7. The third-order valence-electron chi connectivity index (χ3n) is 3.61. The molecule has 0 radical (unpaired) electrons. The summed E-state index contributed by atoms with van der Waals surface area (Å²) in [7, 11) is 0. The van der Waals surface area contributed by atoms with Gasteiger partial charge in [0.05, 0.1) is 11.6 Å². The predicted molar refractivity (Wildman–Crippen MR) is 84.9 cm³/mol. The van der Waals surface area contributed by atoms with Crippen molar-refractivity contribution >= 4 is 16.8 Å². The van der Waals surface area contributed by atoms with Crippen molar-refractivity contribution in [3.63, 3.8) is 0 Å². The van der Waals surface area contributed by atoms with Gasteiger partial charge < -0.3 is 4.42 Å². The van der Waals surface area contributed by atoms with Crippen LogP contribution >= 0.6 is 0 Å². The van der Waals surface area contributed by atoms with Gasteiger partial charge in [-0.3, -0.25) is 15.1 Å². The van der Waals surface area contributed by atoms with Gasteiger partial charge in [0.1, 0.15) is 10.7 Å². The molecule has 0 fully saturated rings. The molecule has 112 valence electrons. The fourth-order valence-electron chi connectivity index (χ4n) is 2.43. The topological polar surface area (TPSA) is 69.2 Å². The van der Waals surface area contributed by atoms with Crippen molar-refractivity contribution in [1.82, 2.24) is 4.98 Å². The summed E-state index contributed by atoms with van der Waals surface area (Å²) in [6.07, 6.45) is 0. The van der Waals surface area contributed by atoms with Crippen molar-refractivity contribution in [2.45, 2.75) is 26.7 Å². The average molecular weight is 296 g/mol. The minimum Gasteiger partial charge on any atom is -0.401 e. The van der Waals surface area contributed by atoms with Gasteiger partial charge >= 0.3 is 5.88 Å². The zero-order chi connectivity index (χ0) is 15.9. The summed E-state index contributed by atoms with van der Waals surface area (Å²) >= 11 is 0. The average Bonchev–Trinajstić information content (AvgIpc) is 2.95. The lowest BCUT2D eigenvalue weighted by molar-refractivity contribution is -0.401. The Labute approximate surface area is 127 Å². The molecule has 0 unspecified atom stereocenters. The number of aromatic nitrogens is 1. The lowest BCUT2D eigenvalue weighted by Crippen LogP contribution is -1.95. The molecule has 0 aliphatic heterocycles. The van der Waals surface area contributed by atoms with E-state index in [1.807, 2.05) is 31.2 Å². The van der Waals surface area contributed by atoms with Crippen LogP contribution < -0.4 is 0 Å². The van der Waals surface area contributed by atoms with Gasteiger partial charge in [0.2, 0.25) is 0 Å². The molecule has 0 N–H and O–H groups in total. The Balaban J connectivity index is 2.29. The summed E-state index contributed by atoms with van der Waals surface area (Å²) < 4.78 is 5.39. The quantitative estimate of drug-likeness (QED) is 0.512. The number of rotatable bonds is 3. The van der Waals surface area contributed by atoms with Crippen molar-refractivity contribution in [3.05, 3.63) is 57.8 Å². The van der Waals surface area contributed by atoms with Gasteiger partial charge in [0, 0.05) is 16.6 Å². The Hall–Kier alpha value is -2.69. The predicted octanol–water partition coefficient (Wildman–Crippen LogP) is 4.83. The first-order valence-electron chi connectivity index (χ1n) is 7.11. The van der Waals surface area contributed by atoms with Crippen LogP contribution in [0.3, 0.4) is 0 Å². The van der Waals surface area contributed by atoms with Crippen LogP contribution in [0.2, 0.25) is 0 Å². The summed E-state index contributed by atoms with van der Waals surface area (Å²) in [5.41, 5.74) is 3.75. The highest BCUT2D eigenvalue weighted by Crippen LogP contribution is 2.33. The Kier molecular flexibility index (Phi) is 3.41. The van der Waals surface area contributed by atoms with Crippen molar-refractivity contribution in [3.8, 4) is 11.3 Å². The number of pyridine rings is 1. The van der Waals surface area contributed by atoms with Crippen molar-refractivity contribution in [2.75, 3.05) is 0 Å². The smallest absolute Gasteiger partial charge is 0.401 e. The van der Waals surface area contributed by atoms with E-state index in [0.29, 0.717) is 5.76 Å². The lowest BCUT2D eigenvalue weighted by Gasteiger charge is -2.10. The number of hydrogen-bond acceptors (Lipinski definition) is 4. The summed E-state index contributed by atoms with van der Waals surface area (Å²) in [4.78, 5) is 15.0. The molecule has 3 aromatic rings. The molecule has 0 saturated carbocycles. The molecule has 0 amide bonds. The third-order valence-corrected chi connectivity index (χ3v) is 3.61. The van der Waals surface area contributed by atoms with E-state index < -0.39 is 4.92 Å². The van der Waals surface area contributed by atoms with Gasteiger partial charge in [-0.25, -0.2) is 0 Å². The lowest BCUT2D eigenvalue weighted by atomic mass is 10.00. The van der Waals surface area contributed by atoms with Crippen LogP contribution in [0.25, 0.3) is 22.2 Å². The van der Waals surface area contributed by atoms with Crippen LogP contribution in [0, 0.1) is 17.0 Å². The molecule has 0 bridgehead atoms. The number of benzene rings is 1. The molecule has 0 spiro atoms. The molecule has 5 heteroatoms. The van der Waals surface area contributed by atoms with Crippen molar-refractivity contribution < 1.29 is 9.34 Å². The minimum atomic E-state index is -0.526. The fourth-order valence-corrected chi connectivity index (χ4v) is 2.43. The molecular formula is C17H16N2O3. The van der Waals surface area contributed by atoms with Gasteiger partial charge in [0.25, 0.3) is 0 Å². The zero-order valence-electron chi connectivity index (χ0n) is 12.7. The maximum atomic E-state index is 10.8. The van der Waals surface area contributed by atoms with Gasteiger partial charge in [-0.15, -0.1) is 0 Å².